The molecule has 4 rings (SSSR count). The summed E-state index contributed by atoms with van der Waals surface area (Å²) in [7, 11) is 0. The van der Waals surface area contributed by atoms with Crippen LogP contribution in [0.3, 0.4) is 0 Å². The van der Waals surface area contributed by atoms with E-state index in [0.29, 0.717) is 18.2 Å². The molecule has 1 aliphatic heterocycles. The molecule has 0 amide bonds. The molecular weight excluding hydrogens is 302 g/mol. The summed E-state index contributed by atoms with van der Waals surface area (Å²) in [5, 5.41) is 10.4. The number of aromatic nitrogens is 2. The normalized spacial score (nSPS) is 20.0. The lowest BCUT2D eigenvalue weighted by Crippen LogP contribution is -2.30. The maximum Gasteiger partial charge on any atom is 0.139 e. The predicted molar refractivity (Wildman–Crippen MR) is 91.6 cm³/mol. The molecule has 0 spiro atoms. The van der Waals surface area contributed by atoms with Gasteiger partial charge >= 0.3 is 0 Å². The van der Waals surface area contributed by atoms with E-state index in [1.54, 1.807) is 6.26 Å². The van der Waals surface area contributed by atoms with Crippen molar-refractivity contribution in [1.82, 2.24) is 14.3 Å². The number of aliphatic hydroxyl groups excluding tert-OH is 1. The van der Waals surface area contributed by atoms with Crippen LogP contribution in [-0.2, 0) is 6.54 Å². The molecule has 0 radical (unpaired) electrons. The number of imidazole rings is 1. The number of aryl methyl sites for hydroxylation is 1. The van der Waals surface area contributed by atoms with Gasteiger partial charge in [-0.15, -0.1) is 0 Å². The SMILES string of the molecule is Cc1cccn2c(CN3CCCC3CC(O)c3ccco3)cnc12. The van der Waals surface area contributed by atoms with Gasteiger partial charge in [-0.2, -0.15) is 0 Å². The third kappa shape index (κ3) is 2.85. The molecular formula is C19H23N3O2. The van der Waals surface area contributed by atoms with Crippen molar-refractivity contribution in [2.45, 2.75) is 44.9 Å². The second-order valence-electron chi connectivity index (χ2n) is 6.67. The van der Waals surface area contributed by atoms with Gasteiger partial charge in [0.05, 0.1) is 18.2 Å². The van der Waals surface area contributed by atoms with Crippen molar-refractivity contribution in [3.8, 4) is 0 Å². The summed E-state index contributed by atoms with van der Waals surface area (Å²) in [6.07, 6.45) is 8.14. The average Bonchev–Trinajstić information content (AvgIpc) is 3.30. The first-order chi connectivity index (χ1) is 11.7. The zero-order chi connectivity index (χ0) is 16.5. The molecule has 3 aromatic rings. The van der Waals surface area contributed by atoms with Crippen LogP contribution in [0.4, 0.5) is 0 Å². The van der Waals surface area contributed by atoms with Gasteiger partial charge in [0.15, 0.2) is 0 Å². The van der Waals surface area contributed by atoms with Crippen molar-refractivity contribution >= 4 is 5.65 Å². The van der Waals surface area contributed by atoms with E-state index in [9.17, 15) is 5.11 Å². The van der Waals surface area contributed by atoms with Gasteiger partial charge in [-0.3, -0.25) is 4.90 Å². The Kier molecular flexibility index (Phi) is 4.12. The van der Waals surface area contributed by atoms with Gasteiger partial charge in [0.2, 0.25) is 0 Å². The molecule has 0 saturated carbocycles. The van der Waals surface area contributed by atoms with Gasteiger partial charge in [-0.05, 0) is 56.5 Å². The lowest BCUT2D eigenvalue weighted by molar-refractivity contribution is 0.0990. The number of pyridine rings is 1. The average molecular weight is 325 g/mol. The third-order valence-electron chi connectivity index (χ3n) is 5.04. The predicted octanol–water partition coefficient (Wildman–Crippen LogP) is 3.32. The minimum absolute atomic E-state index is 0.375. The maximum atomic E-state index is 10.4. The van der Waals surface area contributed by atoms with Crippen LogP contribution in [0.25, 0.3) is 5.65 Å². The number of furan rings is 1. The van der Waals surface area contributed by atoms with Gasteiger partial charge in [0.25, 0.3) is 0 Å². The number of fused-ring (bicyclic) bond motifs is 1. The molecule has 126 valence electrons. The van der Waals surface area contributed by atoms with E-state index >= 15 is 0 Å². The van der Waals surface area contributed by atoms with Crippen molar-refractivity contribution < 1.29 is 9.52 Å². The fourth-order valence-electron chi connectivity index (χ4n) is 3.75. The number of nitrogens with zero attached hydrogens (tertiary/aromatic N) is 3. The van der Waals surface area contributed by atoms with Crippen molar-refractivity contribution in [1.29, 1.82) is 0 Å². The molecule has 1 saturated heterocycles. The highest BCUT2D eigenvalue weighted by molar-refractivity contribution is 5.48. The minimum Gasteiger partial charge on any atom is -0.467 e. The smallest absolute Gasteiger partial charge is 0.139 e. The molecule has 0 aliphatic carbocycles. The first-order valence-corrected chi connectivity index (χ1v) is 8.59. The summed E-state index contributed by atoms with van der Waals surface area (Å²) in [6, 6.07) is 8.20. The highest BCUT2D eigenvalue weighted by Gasteiger charge is 2.28. The fraction of sp³-hybridized carbons (Fsp3) is 0.421. The molecule has 5 heteroatoms. The molecule has 0 bridgehead atoms. The van der Waals surface area contributed by atoms with Crippen LogP contribution in [0.2, 0.25) is 0 Å². The van der Waals surface area contributed by atoms with E-state index in [-0.39, 0.29) is 0 Å². The molecule has 5 nitrogen and oxygen atoms in total. The summed E-state index contributed by atoms with van der Waals surface area (Å²) in [4.78, 5) is 7.02. The summed E-state index contributed by atoms with van der Waals surface area (Å²) < 4.78 is 7.51. The fourth-order valence-corrected chi connectivity index (χ4v) is 3.75. The Morgan fingerprint density at radius 2 is 2.29 bits per heavy atom. The van der Waals surface area contributed by atoms with E-state index in [4.69, 9.17) is 4.42 Å². The molecule has 0 aromatic carbocycles. The van der Waals surface area contributed by atoms with Crippen LogP contribution < -0.4 is 0 Å². The van der Waals surface area contributed by atoms with Crippen LogP contribution in [0.5, 0.6) is 0 Å². The zero-order valence-electron chi connectivity index (χ0n) is 13.9. The second kappa shape index (κ2) is 6.42. The molecule has 1 aliphatic rings. The summed E-state index contributed by atoms with van der Waals surface area (Å²) >= 11 is 0. The van der Waals surface area contributed by atoms with Gasteiger partial charge in [-0.1, -0.05) is 6.07 Å². The summed E-state index contributed by atoms with van der Waals surface area (Å²) in [5.41, 5.74) is 3.42. The minimum atomic E-state index is -0.532. The van der Waals surface area contributed by atoms with E-state index in [1.807, 2.05) is 18.3 Å². The van der Waals surface area contributed by atoms with Gasteiger partial charge in [0.1, 0.15) is 17.5 Å². The van der Waals surface area contributed by atoms with Crippen LogP contribution in [0, 0.1) is 6.92 Å². The maximum absolute atomic E-state index is 10.4. The van der Waals surface area contributed by atoms with Crippen LogP contribution in [-0.4, -0.2) is 32.0 Å². The molecule has 2 atom stereocenters. The van der Waals surface area contributed by atoms with Crippen LogP contribution in [0.15, 0.2) is 47.3 Å². The molecule has 2 unspecified atom stereocenters. The van der Waals surface area contributed by atoms with Gasteiger partial charge < -0.3 is 13.9 Å². The largest absolute Gasteiger partial charge is 0.467 e. The van der Waals surface area contributed by atoms with Crippen molar-refractivity contribution in [2.75, 3.05) is 6.54 Å². The Morgan fingerprint density at radius 1 is 1.38 bits per heavy atom. The van der Waals surface area contributed by atoms with Gasteiger partial charge in [-0.25, -0.2) is 4.98 Å². The zero-order valence-corrected chi connectivity index (χ0v) is 13.9. The second-order valence-corrected chi connectivity index (χ2v) is 6.67. The number of hydrogen-bond donors (Lipinski definition) is 1. The van der Waals surface area contributed by atoms with Crippen LogP contribution >= 0.6 is 0 Å². The summed E-state index contributed by atoms with van der Waals surface area (Å²) in [6.45, 7) is 4.01. The van der Waals surface area contributed by atoms with Crippen molar-refractivity contribution in [3.63, 3.8) is 0 Å². The van der Waals surface area contributed by atoms with Crippen LogP contribution in [0.1, 0.15) is 42.4 Å². The lowest BCUT2D eigenvalue weighted by Gasteiger charge is -2.25. The highest BCUT2D eigenvalue weighted by Crippen LogP contribution is 2.29. The number of aliphatic hydroxyl groups is 1. The Balaban J connectivity index is 1.49. The highest BCUT2D eigenvalue weighted by atomic mass is 16.4. The topological polar surface area (TPSA) is 53.9 Å². The van der Waals surface area contributed by atoms with E-state index in [1.165, 1.54) is 17.7 Å². The third-order valence-corrected chi connectivity index (χ3v) is 5.04. The molecule has 1 fully saturated rings. The Morgan fingerprint density at radius 3 is 3.12 bits per heavy atom. The monoisotopic (exact) mass is 325 g/mol. The summed E-state index contributed by atoms with van der Waals surface area (Å²) in [5.74, 6) is 0.660. The van der Waals surface area contributed by atoms with Crippen molar-refractivity contribution in [2.24, 2.45) is 0 Å². The number of likely N-dealkylation sites (tertiary alicyclic amines) is 1. The molecule has 4 heterocycles. The Bertz CT molecular complexity index is 809. The number of hydrogen-bond acceptors (Lipinski definition) is 4. The van der Waals surface area contributed by atoms with Crippen molar-refractivity contribution in [3.05, 3.63) is 59.9 Å². The molecule has 1 N–H and O–H groups in total. The first kappa shape index (κ1) is 15.4. The van der Waals surface area contributed by atoms with E-state index in [2.05, 4.69) is 39.5 Å². The Hall–Kier alpha value is -2.11. The molecule has 24 heavy (non-hydrogen) atoms. The standard InChI is InChI=1S/C19H23N3O2/c1-14-5-2-9-22-16(12-20-19(14)22)13-21-8-3-6-15(21)11-17(23)18-7-4-10-24-18/h2,4-5,7,9-10,12,15,17,23H,3,6,8,11,13H2,1H3. The molecule has 3 aromatic heterocycles. The quantitative estimate of drug-likeness (QED) is 0.782. The van der Waals surface area contributed by atoms with E-state index in [0.717, 1.165) is 25.2 Å². The number of rotatable bonds is 5. The van der Waals surface area contributed by atoms with Gasteiger partial charge in [0, 0.05) is 18.8 Å². The lowest BCUT2D eigenvalue weighted by atomic mass is 10.1. The van der Waals surface area contributed by atoms with E-state index < -0.39 is 6.10 Å². The first-order valence-electron chi connectivity index (χ1n) is 8.59. The Labute approximate surface area is 141 Å².